The van der Waals surface area contributed by atoms with Gasteiger partial charge >= 0.3 is 0 Å². The molecule has 0 aromatic carbocycles. The zero-order valence-corrected chi connectivity index (χ0v) is 12.0. The fourth-order valence-corrected chi connectivity index (χ4v) is 1.65. The number of nitrogens with zero attached hydrogens (tertiary/aromatic N) is 2. The molecular weight excluding hydrogens is 214 g/mol. The first-order valence-corrected chi connectivity index (χ1v) is 6.57. The molecule has 4 nitrogen and oxygen atoms in total. The van der Waals surface area contributed by atoms with Gasteiger partial charge < -0.3 is 15.8 Å². The topological polar surface area (TPSA) is 61.8 Å². The van der Waals surface area contributed by atoms with Crippen LogP contribution in [0.5, 0.6) is 0 Å². The van der Waals surface area contributed by atoms with Gasteiger partial charge in [-0.05, 0) is 25.4 Å². The molecule has 0 aliphatic heterocycles. The van der Waals surface area contributed by atoms with Crippen LogP contribution in [0.15, 0.2) is 5.16 Å². The molecule has 0 aliphatic carbocycles. The summed E-state index contributed by atoms with van der Waals surface area (Å²) >= 11 is 0. The van der Waals surface area contributed by atoms with E-state index >= 15 is 0 Å². The molecule has 0 aromatic heterocycles. The minimum atomic E-state index is -0.238. The van der Waals surface area contributed by atoms with Crippen molar-refractivity contribution in [3.63, 3.8) is 0 Å². The van der Waals surface area contributed by atoms with E-state index in [0.717, 1.165) is 32.0 Å². The predicted octanol–water partition coefficient (Wildman–Crippen LogP) is 2.52. The molecule has 0 aliphatic rings. The fraction of sp³-hybridized carbons (Fsp3) is 0.923. The lowest BCUT2D eigenvalue weighted by Gasteiger charge is -2.29. The molecule has 4 heteroatoms. The van der Waals surface area contributed by atoms with E-state index in [-0.39, 0.29) is 5.41 Å². The number of oxime groups is 1. The molecule has 0 amide bonds. The van der Waals surface area contributed by atoms with Crippen molar-refractivity contribution < 1.29 is 5.21 Å². The molecule has 0 bridgehead atoms. The quantitative estimate of drug-likeness (QED) is 0.298. The Morgan fingerprint density at radius 2 is 2.00 bits per heavy atom. The van der Waals surface area contributed by atoms with Crippen molar-refractivity contribution in [1.82, 2.24) is 4.90 Å². The molecule has 0 radical (unpaired) electrons. The van der Waals surface area contributed by atoms with Crippen LogP contribution in [-0.4, -0.2) is 35.6 Å². The van der Waals surface area contributed by atoms with Crippen LogP contribution in [0.3, 0.4) is 0 Å². The van der Waals surface area contributed by atoms with Gasteiger partial charge in [-0.25, -0.2) is 0 Å². The van der Waals surface area contributed by atoms with Gasteiger partial charge in [0.2, 0.25) is 0 Å². The van der Waals surface area contributed by atoms with Gasteiger partial charge in [0.15, 0.2) is 0 Å². The number of amidine groups is 1. The van der Waals surface area contributed by atoms with Crippen molar-refractivity contribution >= 4 is 5.84 Å². The highest BCUT2D eigenvalue weighted by Gasteiger charge is 2.24. The van der Waals surface area contributed by atoms with E-state index in [2.05, 4.69) is 30.8 Å². The van der Waals surface area contributed by atoms with E-state index < -0.39 is 0 Å². The largest absolute Gasteiger partial charge is 0.409 e. The van der Waals surface area contributed by atoms with E-state index in [1.807, 2.05) is 13.8 Å². The first-order chi connectivity index (χ1) is 7.87. The number of hydrogen-bond donors (Lipinski definition) is 2. The minimum Gasteiger partial charge on any atom is -0.409 e. The summed E-state index contributed by atoms with van der Waals surface area (Å²) in [4.78, 5) is 2.43. The molecule has 0 spiro atoms. The molecule has 17 heavy (non-hydrogen) atoms. The Kier molecular flexibility index (Phi) is 7.19. The second kappa shape index (κ2) is 7.54. The molecule has 1 atom stereocenters. The zero-order chi connectivity index (χ0) is 13.5. The van der Waals surface area contributed by atoms with Gasteiger partial charge in [-0.1, -0.05) is 46.2 Å². The third-order valence-electron chi connectivity index (χ3n) is 3.57. The highest BCUT2D eigenvalue weighted by atomic mass is 16.4. The Balaban J connectivity index is 4.23. The van der Waals surface area contributed by atoms with Crippen LogP contribution in [0.25, 0.3) is 0 Å². The summed E-state index contributed by atoms with van der Waals surface area (Å²) in [5.41, 5.74) is 5.45. The van der Waals surface area contributed by atoms with Crippen molar-refractivity contribution in [3.8, 4) is 0 Å². The molecule has 0 saturated heterocycles. The van der Waals surface area contributed by atoms with Gasteiger partial charge in [-0.3, -0.25) is 0 Å². The lowest BCUT2D eigenvalue weighted by atomic mass is 9.88. The Morgan fingerprint density at radius 3 is 2.41 bits per heavy atom. The van der Waals surface area contributed by atoms with Crippen LogP contribution in [0.4, 0.5) is 0 Å². The predicted molar refractivity (Wildman–Crippen MR) is 73.4 cm³/mol. The van der Waals surface area contributed by atoms with Crippen molar-refractivity contribution in [1.29, 1.82) is 0 Å². The normalized spacial score (nSPS) is 15.3. The monoisotopic (exact) mass is 243 g/mol. The standard InChI is InChI=1S/C13H29N3O/c1-6-11(3)10-16(7-2)9-8-13(4,5)12(14)15-17/h11,17H,6-10H2,1-5H3,(H2,14,15). The summed E-state index contributed by atoms with van der Waals surface area (Å²) in [6.07, 6.45) is 2.12. The van der Waals surface area contributed by atoms with Crippen molar-refractivity contribution in [2.75, 3.05) is 19.6 Å². The summed E-state index contributed by atoms with van der Waals surface area (Å²) in [6, 6.07) is 0. The van der Waals surface area contributed by atoms with E-state index in [1.165, 1.54) is 6.42 Å². The molecular formula is C13H29N3O. The third-order valence-corrected chi connectivity index (χ3v) is 3.57. The molecule has 0 saturated carbocycles. The second-order valence-electron chi connectivity index (χ2n) is 5.53. The minimum absolute atomic E-state index is 0.238. The smallest absolute Gasteiger partial charge is 0.144 e. The first-order valence-electron chi connectivity index (χ1n) is 6.57. The maximum atomic E-state index is 8.73. The summed E-state index contributed by atoms with van der Waals surface area (Å²) in [5.74, 6) is 1.04. The van der Waals surface area contributed by atoms with Crippen LogP contribution in [0.2, 0.25) is 0 Å². The summed E-state index contributed by atoms with van der Waals surface area (Å²) < 4.78 is 0. The van der Waals surface area contributed by atoms with Crippen molar-refractivity contribution in [3.05, 3.63) is 0 Å². The van der Waals surface area contributed by atoms with E-state index in [9.17, 15) is 0 Å². The molecule has 0 heterocycles. The van der Waals surface area contributed by atoms with Crippen LogP contribution in [0, 0.1) is 11.3 Å². The summed E-state index contributed by atoms with van der Waals surface area (Å²) in [6.45, 7) is 13.9. The number of rotatable bonds is 8. The Hall–Kier alpha value is -0.770. The van der Waals surface area contributed by atoms with Gasteiger partial charge in [-0.15, -0.1) is 0 Å². The third kappa shape index (κ3) is 5.91. The fourth-order valence-electron chi connectivity index (χ4n) is 1.65. The molecule has 1 unspecified atom stereocenters. The van der Waals surface area contributed by atoms with Gasteiger partial charge in [0.25, 0.3) is 0 Å². The maximum Gasteiger partial charge on any atom is 0.144 e. The summed E-state index contributed by atoms with van der Waals surface area (Å²) in [5, 5.41) is 11.8. The Labute approximate surface area is 106 Å². The first kappa shape index (κ1) is 16.2. The van der Waals surface area contributed by atoms with Crippen LogP contribution < -0.4 is 5.73 Å². The maximum absolute atomic E-state index is 8.73. The highest BCUT2D eigenvalue weighted by Crippen LogP contribution is 2.21. The average molecular weight is 243 g/mol. The highest BCUT2D eigenvalue weighted by molar-refractivity contribution is 5.85. The number of nitrogens with two attached hydrogens (primary N) is 1. The zero-order valence-electron chi connectivity index (χ0n) is 12.0. The molecule has 102 valence electrons. The van der Waals surface area contributed by atoms with Crippen LogP contribution >= 0.6 is 0 Å². The Bertz CT molecular complexity index is 239. The van der Waals surface area contributed by atoms with Gasteiger partial charge in [0, 0.05) is 12.0 Å². The van der Waals surface area contributed by atoms with Gasteiger partial charge in [0.05, 0.1) is 0 Å². The van der Waals surface area contributed by atoms with Gasteiger partial charge in [0.1, 0.15) is 5.84 Å². The van der Waals surface area contributed by atoms with Crippen molar-refractivity contribution in [2.24, 2.45) is 22.2 Å². The Morgan fingerprint density at radius 1 is 1.41 bits per heavy atom. The SMILES string of the molecule is CCC(C)CN(CC)CCC(C)(C)C(N)=NO. The average Bonchev–Trinajstić information content (AvgIpc) is 2.32. The van der Waals surface area contributed by atoms with E-state index in [1.54, 1.807) is 0 Å². The van der Waals surface area contributed by atoms with Crippen molar-refractivity contribution in [2.45, 2.75) is 47.5 Å². The van der Waals surface area contributed by atoms with Crippen LogP contribution in [0.1, 0.15) is 47.5 Å². The molecule has 0 aromatic rings. The molecule has 0 fully saturated rings. The van der Waals surface area contributed by atoms with Crippen LogP contribution in [-0.2, 0) is 0 Å². The van der Waals surface area contributed by atoms with Gasteiger partial charge in [-0.2, -0.15) is 0 Å². The summed E-state index contributed by atoms with van der Waals surface area (Å²) in [7, 11) is 0. The second-order valence-corrected chi connectivity index (χ2v) is 5.53. The molecule has 3 N–H and O–H groups in total. The van der Waals surface area contributed by atoms with E-state index in [0.29, 0.717) is 5.84 Å². The number of hydrogen-bond acceptors (Lipinski definition) is 3. The lowest BCUT2D eigenvalue weighted by molar-refractivity contribution is 0.221. The molecule has 0 rings (SSSR count). The van der Waals surface area contributed by atoms with E-state index in [4.69, 9.17) is 10.9 Å². The lowest BCUT2D eigenvalue weighted by Crippen LogP contribution is -2.37.